The van der Waals surface area contributed by atoms with Crippen molar-refractivity contribution in [2.45, 2.75) is 13.1 Å². The molecule has 0 unspecified atom stereocenters. The zero-order valence-electron chi connectivity index (χ0n) is 14.4. The molecular weight excluding hydrogens is 476 g/mol. The molecule has 0 aliphatic rings. The van der Waals surface area contributed by atoms with E-state index in [-0.39, 0.29) is 0 Å². The van der Waals surface area contributed by atoms with Gasteiger partial charge in [-0.3, -0.25) is 4.79 Å². The standard InChI is InChI=1S/C18H16F3IN2O3/c1-3-27-15-9-11(8-14(22)16(15)26-2)10-23-24-17(25)12-6-4-5-7-13(12)18(19,20)21/h4-10H,3H2,1-2H3,(H,24,25)/b23-10+. The van der Waals surface area contributed by atoms with Crippen LogP contribution in [0.1, 0.15) is 28.4 Å². The Morgan fingerprint density at radius 3 is 2.63 bits per heavy atom. The number of nitrogens with zero attached hydrogens (tertiary/aromatic N) is 1. The summed E-state index contributed by atoms with van der Waals surface area (Å²) in [6.45, 7) is 2.25. The molecule has 2 aromatic rings. The fourth-order valence-corrected chi connectivity index (χ4v) is 3.12. The third-order valence-electron chi connectivity index (χ3n) is 3.39. The number of methoxy groups -OCH3 is 1. The van der Waals surface area contributed by atoms with Gasteiger partial charge in [0.15, 0.2) is 11.5 Å². The maximum Gasteiger partial charge on any atom is 0.417 e. The van der Waals surface area contributed by atoms with Gasteiger partial charge in [0, 0.05) is 0 Å². The molecule has 0 aromatic heterocycles. The fraction of sp³-hybridized carbons (Fsp3) is 0.222. The summed E-state index contributed by atoms with van der Waals surface area (Å²) in [5, 5.41) is 3.75. The van der Waals surface area contributed by atoms with Crippen molar-refractivity contribution in [1.29, 1.82) is 0 Å². The number of carbonyl (C=O) groups is 1. The average Bonchev–Trinajstić information content (AvgIpc) is 2.61. The lowest BCUT2D eigenvalue weighted by atomic mass is 10.1. The van der Waals surface area contributed by atoms with E-state index in [2.05, 4.69) is 33.1 Å². The van der Waals surface area contributed by atoms with Gasteiger partial charge in [-0.1, -0.05) is 12.1 Å². The summed E-state index contributed by atoms with van der Waals surface area (Å²) in [6, 6.07) is 7.91. The molecule has 144 valence electrons. The summed E-state index contributed by atoms with van der Waals surface area (Å²) in [7, 11) is 1.52. The summed E-state index contributed by atoms with van der Waals surface area (Å²) >= 11 is 2.06. The van der Waals surface area contributed by atoms with Crippen molar-refractivity contribution in [2.24, 2.45) is 5.10 Å². The molecule has 0 saturated carbocycles. The Hall–Kier alpha value is -2.30. The quantitative estimate of drug-likeness (QED) is 0.368. The minimum Gasteiger partial charge on any atom is -0.492 e. The van der Waals surface area contributed by atoms with E-state index in [9.17, 15) is 18.0 Å². The number of hydrogen-bond donors (Lipinski definition) is 1. The zero-order chi connectivity index (χ0) is 20.0. The third kappa shape index (κ3) is 5.34. The van der Waals surface area contributed by atoms with Gasteiger partial charge in [-0.15, -0.1) is 0 Å². The van der Waals surface area contributed by atoms with Crippen LogP contribution in [-0.2, 0) is 6.18 Å². The number of rotatable bonds is 6. The van der Waals surface area contributed by atoms with Crippen LogP contribution in [0.25, 0.3) is 0 Å². The SMILES string of the molecule is CCOc1cc(/C=N/NC(=O)c2ccccc2C(F)(F)F)cc(I)c1OC. The molecule has 0 aliphatic carbocycles. The van der Waals surface area contributed by atoms with Gasteiger partial charge in [0.2, 0.25) is 0 Å². The molecule has 5 nitrogen and oxygen atoms in total. The molecule has 2 aromatic carbocycles. The first kappa shape index (κ1) is 21.0. The van der Waals surface area contributed by atoms with E-state index < -0.39 is 23.2 Å². The Kier molecular flexibility index (Phi) is 7.05. The smallest absolute Gasteiger partial charge is 0.417 e. The topological polar surface area (TPSA) is 59.9 Å². The molecule has 0 saturated heterocycles. The van der Waals surface area contributed by atoms with Gasteiger partial charge in [-0.25, -0.2) is 5.43 Å². The second-order valence-electron chi connectivity index (χ2n) is 5.21. The molecule has 0 fully saturated rings. The van der Waals surface area contributed by atoms with Crippen molar-refractivity contribution >= 4 is 34.7 Å². The van der Waals surface area contributed by atoms with E-state index in [1.54, 1.807) is 12.1 Å². The first-order valence-corrected chi connectivity index (χ1v) is 8.85. The van der Waals surface area contributed by atoms with Crippen LogP contribution >= 0.6 is 22.6 Å². The predicted molar refractivity (Wildman–Crippen MR) is 103 cm³/mol. The minimum absolute atomic E-state index is 0.429. The monoisotopic (exact) mass is 492 g/mol. The number of carbonyl (C=O) groups excluding carboxylic acids is 1. The van der Waals surface area contributed by atoms with Crippen LogP contribution in [0.4, 0.5) is 13.2 Å². The maximum absolute atomic E-state index is 13.0. The number of ether oxygens (including phenoxy) is 2. The first-order valence-electron chi connectivity index (χ1n) is 7.77. The number of hydrazone groups is 1. The van der Waals surface area contributed by atoms with Crippen LogP contribution in [0.2, 0.25) is 0 Å². The Morgan fingerprint density at radius 1 is 1.30 bits per heavy atom. The van der Waals surface area contributed by atoms with Gasteiger partial charge in [0.05, 0.1) is 34.6 Å². The predicted octanol–water partition coefficient (Wildman–Crippen LogP) is 4.48. The van der Waals surface area contributed by atoms with E-state index in [1.165, 1.54) is 25.5 Å². The molecule has 0 aliphatic heterocycles. The lowest BCUT2D eigenvalue weighted by Gasteiger charge is -2.12. The van der Waals surface area contributed by atoms with Crippen molar-refractivity contribution in [1.82, 2.24) is 5.43 Å². The number of alkyl halides is 3. The van der Waals surface area contributed by atoms with Crippen LogP contribution in [0.3, 0.4) is 0 Å². The van der Waals surface area contributed by atoms with Crippen molar-refractivity contribution in [2.75, 3.05) is 13.7 Å². The van der Waals surface area contributed by atoms with Crippen LogP contribution in [0, 0.1) is 3.57 Å². The number of amides is 1. The van der Waals surface area contributed by atoms with E-state index in [0.717, 1.165) is 15.7 Å². The van der Waals surface area contributed by atoms with Gasteiger partial charge < -0.3 is 9.47 Å². The van der Waals surface area contributed by atoms with Gasteiger partial charge in [0.1, 0.15) is 0 Å². The Labute approximate surface area is 167 Å². The van der Waals surface area contributed by atoms with Crippen LogP contribution in [0.15, 0.2) is 41.5 Å². The lowest BCUT2D eigenvalue weighted by Crippen LogP contribution is -2.22. The van der Waals surface area contributed by atoms with Crippen molar-refractivity contribution < 1.29 is 27.4 Å². The molecule has 0 bridgehead atoms. The molecule has 0 spiro atoms. The van der Waals surface area contributed by atoms with E-state index in [0.29, 0.717) is 23.7 Å². The van der Waals surface area contributed by atoms with Crippen LogP contribution < -0.4 is 14.9 Å². The highest BCUT2D eigenvalue weighted by atomic mass is 127. The van der Waals surface area contributed by atoms with Gasteiger partial charge in [-0.2, -0.15) is 18.3 Å². The second-order valence-corrected chi connectivity index (χ2v) is 6.37. The highest BCUT2D eigenvalue weighted by Crippen LogP contribution is 2.33. The Morgan fingerprint density at radius 2 is 2.00 bits per heavy atom. The van der Waals surface area contributed by atoms with Crippen LogP contribution in [0.5, 0.6) is 11.5 Å². The van der Waals surface area contributed by atoms with Crippen LogP contribution in [-0.4, -0.2) is 25.8 Å². The second kappa shape index (κ2) is 9.07. The van der Waals surface area contributed by atoms with Gasteiger partial charge >= 0.3 is 6.18 Å². The molecule has 2 rings (SSSR count). The highest BCUT2D eigenvalue weighted by Gasteiger charge is 2.34. The average molecular weight is 492 g/mol. The van der Waals surface area contributed by atoms with E-state index >= 15 is 0 Å². The normalized spacial score (nSPS) is 11.5. The lowest BCUT2D eigenvalue weighted by molar-refractivity contribution is -0.137. The summed E-state index contributed by atoms with van der Waals surface area (Å²) < 4.78 is 50.5. The molecule has 1 amide bonds. The highest BCUT2D eigenvalue weighted by molar-refractivity contribution is 14.1. The van der Waals surface area contributed by atoms with Crippen molar-refractivity contribution in [3.8, 4) is 11.5 Å². The molecule has 0 radical (unpaired) electrons. The number of halogens is 4. The summed E-state index contributed by atoms with van der Waals surface area (Å²) in [5.41, 5.74) is 1.19. The third-order valence-corrected chi connectivity index (χ3v) is 4.19. The summed E-state index contributed by atoms with van der Waals surface area (Å²) in [5.74, 6) is 0.118. The number of hydrogen-bond acceptors (Lipinski definition) is 4. The number of nitrogens with one attached hydrogen (secondary N) is 1. The van der Waals surface area contributed by atoms with E-state index in [1.807, 2.05) is 6.92 Å². The molecule has 9 heteroatoms. The molecule has 0 atom stereocenters. The molecule has 27 heavy (non-hydrogen) atoms. The number of benzene rings is 2. The Bertz CT molecular complexity index is 854. The van der Waals surface area contributed by atoms with Crippen molar-refractivity contribution in [3.05, 3.63) is 56.7 Å². The zero-order valence-corrected chi connectivity index (χ0v) is 16.6. The van der Waals surface area contributed by atoms with Gasteiger partial charge in [0.25, 0.3) is 5.91 Å². The van der Waals surface area contributed by atoms with Gasteiger partial charge in [-0.05, 0) is 59.3 Å². The maximum atomic E-state index is 13.0. The summed E-state index contributed by atoms with van der Waals surface area (Å²) in [4.78, 5) is 12.1. The fourth-order valence-electron chi connectivity index (χ4n) is 2.28. The largest absolute Gasteiger partial charge is 0.492 e. The molecule has 1 N–H and O–H groups in total. The van der Waals surface area contributed by atoms with Crippen molar-refractivity contribution in [3.63, 3.8) is 0 Å². The minimum atomic E-state index is -4.63. The first-order chi connectivity index (χ1) is 12.8. The van der Waals surface area contributed by atoms with E-state index in [4.69, 9.17) is 9.47 Å². The Balaban J connectivity index is 2.20. The molecular formula is C18H16F3IN2O3. The molecule has 0 heterocycles. The summed E-state index contributed by atoms with van der Waals surface area (Å²) in [6.07, 6.45) is -3.31.